The number of carboxylic acid groups (broad SMARTS) is 3. The molecule has 1 aromatic carbocycles. The lowest BCUT2D eigenvalue weighted by Crippen LogP contribution is -2.42. The van der Waals surface area contributed by atoms with Gasteiger partial charge in [-0.05, 0) is 56.0 Å². The van der Waals surface area contributed by atoms with Gasteiger partial charge in [0.15, 0.2) is 5.60 Å². The molecule has 0 radical (unpaired) electrons. The zero-order valence-electron chi connectivity index (χ0n) is 22.4. The van der Waals surface area contributed by atoms with Crippen LogP contribution in [0.4, 0.5) is 5.69 Å². The van der Waals surface area contributed by atoms with Gasteiger partial charge in [-0.3, -0.25) is 14.4 Å². The number of anilines is 1. The Morgan fingerprint density at radius 2 is 1.47 bits per heavy atom. The minimum Gasteiger partial charge on any atom is -0.481 e. The van der Waals surface area contributed by atoms with Crippen molar-refractivity contribution in [3.8, 4) is 0 Å². The van der Waals surface area contributed by atoms with Gasteiger partial charge in [0.25, 0.3) is 0 Å². The molecule has 0 bridgehead atoms. The summed E-state index contributed by atoms with van der Waals surface area (Å²) in [7, 11) is 0. The summed E-state index contributed by atoms with van der Waals surface area (Å²) in [6.45, 7) is 9.61. The van der Waals surface area contributed by atoms with Gasteiger partial charge >= 0.3 is 17.9 Å². The monoisotopic (exact) mass is 536 g/mol. The number of carbonyl (C=O) groups is 4. The number of benzene rings is 1. The maximum atomic E-state index is 12.7. The molecule has 0 saturated carbocycles. The number of amides is 1. The summed E-state index contributed by atoms with van der Waals surface area (Å²) >= 11 is 0. The average molecular weight is 537 g/mol. The van der Waals surface area contributed by atoms with Crippen LogP contribution in [-0.4, -0.2) is 86.0 Å². The van der Waals surface area contributed by atoms with Crippen molar-refractivity contribution >= 4 is 29.5 Å². The number of β-amino-alcohol motifs (C(OH)–C–C–N with tert-alkyl or cyclic N) is 1. The first-order valence-electron chi connectivity index (χ1n) is 12.9. The summed E-state index contributed by atoms with van der Waals surface area (Å²) in [5, 5.41) is 44.5. The van der Waals surface area contributed by atoms with E-state index in [0.717, 1.165) is 43.7 Å². The van der Waals surface area contributed by atoms with E-state index in [9.17, 15) is 24.3 Å². The molecule has 0 aromatic heterocycles. The van der Waals surface area contributed by atoms with E-state index in [1.54, 1.807) is 0 Å². The first-order valence-corrected chi connectivity index (χ1v) is 12.9. The Bertz CT molecular complexity index is 996. The van der Waals surface area contributed by atoms with E-state index in [4.69, 9.17) is 20.4 Å². The highest BCUT2D eigenvalue weighted by Crippen LogP contribution is 2.33. The van der Waals surface area contributed by atoms with E-state index in [0.29, 0.717) is 6.54 Å². The minimum absolute atomic E-state index is 0.176. The van der Waals surface area contributed by atoms with E-state index in [-0.39, 0.29) is 11.3 Å². The van der Waals surface area contributed by atoms with Crippen LogP contribution in [0, 0.1) is 5.41 Å². The number of aliphatic hydroxyl groups excluding tert-OH is 1. The predicted molar refractivity (Wildman–Crippen MR) is 139 cm³/mol. The number of carboxylic acids is 3. The van der Waals surface area contributed by atoms with Crippen LogP contribution in [0.5, 0.6) is 0 Å². The number of hydrogen-bond donors (Lipinski definition) is 5. The second kappa shape index (κ2) is 13.2. The van der Waals surface area contributed by atoms with Crippen LogP contribution in [0.15, 0.2) is 18.2 Å². The van der Waals surface area contributed by atoms with Gasteiger partial charge in [0.05, 0.1) is 18.9 Å². The van der Waals surface area contributed by atoms with Crippen molar-refractivity contribution < 1.29 is 44.7 Å². The lowest BCUT2D eigenvalue weighted by atomic mass is 9.91. The highest BCUT2D eigenvalue weighted by atomic mass is 16.4. The van der Waals surface area contributed by atoms with Gasteiger partial charge in [0, 0.05) is 24.2 Å². The molecule has 1 atom stereocenters. The summed E-state index contributed by atoms with van der Waals surface area (Å²) in [5.41, 5.74) is 0.0900. The van der Waals surface area contributed by atoms with Crippen LogP contribution in [0.25, 0.3) is 0 Å². The second-order valence-electron chi connectivity index (χ2n) is 11.1. The molecule has 5 N–H and O–H groups in total. The zero-order chi connectivity index (χ0) is 28.7. The largest absolute Gasteiger partial charge is 0.481 e. The summed E-state index contributed by atoms with van der Waals surface area (Å²) in [5.74, 6) is -4.84. The van der Waals surface area contributed by atoms with E-state index < -0.39 is 42.5 Å². The molecule has 1 aromatic rings. The molecule has 1 saturated heterocycles. The maximum absolute atomic E-state index is 12.7. The molecule has 1 fully saturated rings. The van der Waals surface area contributed by atoms with Gasteiger partial charge in [-0.1, -0.05) is 39.3 Å². The number of fused-ring (bicyclic) bond motifs is 1. The van der Waals surface area contributed by atoms with Crippen LogP contribution in [0.1, 0.15) is 76.5 Å². The van der Waals surface area contributed by atoms with Gasteiger partial charge in [-0.15, -0.1) is 0 Å². The van der Waals surface area contributed by atoms with Crippen molar-refractivity contribution in [2.45, 2.75) is 77.4 Å². The average Bonchev–Trinajstić information content (AvgIpc) is 2.82. The zero-order valence-corrected chi connectivity index (χ0v) is 22.4. The Morgan fingerprint density at radius 3 is 1.97 bits per heavy atom. The fraction of sp³-hybridized carbons (Fsp3) is 0.630. The van der Waals surface area contributed by atoms with Crippen molar-refractivity contribution in [1.29, 1.82) is 0 Å². The Kier molecular flexibility index (Phi) is 10.8. The van der Waals surface area contributed by atoms with Crippen molar-refractivity contribution in [2.24, 2.45) is 5.41 Å². The number of aryl methyl sites for hydroxylation is 1. The number of nitrogens with zero attached hydrogens (tertiary/aromatic N) is 2. The van der Waals surface area contributed by atoms with Gasteiger partial charge < -0.3 is 35.3 Å². The third-order valence-corrected chi connectivity index (χ3v) is 6.66. The molecule has 0 aliphatic carbocycles. The fourth-order valence-electron chi connectivity index (χ4n) is 4.65. The Morgan fingerprint density at radius 1 is 0.895 bits per heavy atom. The van der Waals surface area contributed by atoms with E-state index in [1.165, 1.54) is 24.8 Å². The smallest absolute Gasteiger partial charge is 0.336 e. The highest BCUT2D eigenvalue weighted by molar-refractivity contribution is 5.98. The molecule has 3 rings (SSSR count). The quantitative estimate of drug-likeness (QED) is 0.331. The maximum Gasteiger partial charge on any atom is 0.336 e. The Hall–Kier alpha value is -3.02. The Balaban J connectivity index is 0.000000332. The third kappa shape index (κ3) is 8.78. The molecular formula is C27H40N2O9. The molecule has 1 amide bonds. The van der Waals surface area contributed by atoms with E-state index in [1.807, 2.05) is 37.8 Å². The SMILES string of the molecule is CC(C)(C)C(=O)N1CCCc2cc(C(O)CN3CCCCC3)ccc21.O=C(O)CC(O)(CC(=O)O)C(=O)O. The van der Waals surface area contributed by atoms with Crippen LogP contribution in [-0.2, 0) is 25.6 Å². The predicted octanol–water partition coefficient (Wildman–Crippen LogP) is 2.28. The molecule has 2 aliphatic rings. The molecule has 11 nitrogen and oxygen atoms in total. The van der Waals surface area contributed by atoms with Gasteiger partial charge in [0.2, 0.25) is 5.91 Å². The fourth-order valence-corrected chi connectivity index (χ4v) is 4.65. The molecule has 38 heavy (non-hydrogen) atoms. The molecule has 1 unspecified atom stereocenters. The van der Waals surface area contributed by atoms with Crippen LogP contribution in [0.2, 0.25) is 0 Å². The Labute approximate surface area is 222 Å². The van der Waals surface area contributed by atoms with Gasteiger partial charge in [0.1, 0.15) is 0 Å². The first kappa shape index (κ1) is 31.2. The third-order valence-electron chi connectivity index (χ3n) is 6.66. The number of likely N-dealkylation sites (tertiary alicyclic amines) is 1. The normalized spacial score (nSPS) is 17.0. The molecule has 2 heterocycles. The lowest BCUT2D eigenvalue weighted by Gasteiger charge is -2.35. The number of aliphatic carboxylic acids is 3. The van der Waals surface area contributed by atoms with E-state index >= 15 is 0 Å². The number of aliphatic hydroxyl groups is 2. The van der Waals surface area contributed by atoms with Crippen molar-refractivity contribution in [1.82, 2.24) is 4.90 Å². The second-order valence-corrected chi connectivity index (χ2v) is 11.1. The summed E-state index contributed by atoms with van der Waals surface area (Å²) in [4.78, 5) is 47.5. The molecular weight excluding hydrogens is 496 g/mol. The number of carbonyl (C=O) groups excluding carboxylic acids is 1. The lowest BCUT2D eigenvalue weighted by molar-refractivity contribution is -0.170. The summed E-state index contributed by atoms with van der Waals surface area (Å²) in [6.07, 6.45) is 3.01. The minimum atomic E-state index is -2.74. The summed E-state index contributed by atoms with van der Waals surface area (Å²) in [6, 6.07) is 6.15. The molecule has 212 valence electrons. The summed E-state index contributed by atoms with van der Waals surface area (Å²) < 4.78 is 0. The standard InChI is InChI=1S/C21H32N2O2.C6H8O7/c1-21(2,3)20(25)23-13-7-8-16-14-17(9-10-18(16)23)19(24)15-22-11-5-4-6-12-22;7-3(8)1-6(13,5(11)12)2-4(9)10/h9-10,14,19,24H,4-8,11-13,15H2,1-3H3;13H,1-2H2,(H,7,8)(H,9,10)(H,11,12). The van der Waals surface area contributed by atoms with E-state index in [2.05, 4.69) is 11.0 Å². The van der Waals surface area contributed by atoms with Crippen molar-refractivity contribution in [3.63, 3.8) is 0 Å². The molecule has 0 spiro atoms. The number of hydrogen-bond acceptors (Lipinski definition) is 7. The number of piperidine rings is 1. The van der Waals surface area contributed by atoms with Crippen molar-refractivity contribution in [3.05, 3.63) is 29.3 Å². The molecule has 2 aliphatic heterocycles. The van der Waals surface area contributed by atoms with Crippen LogP contribution >= 0.6 is 0 Å². The highest BCUT2D eigenvalue weighted by Gasteiger charge is 2.40. The molecule has 11 heteroatoms. The number of rotatable bonds is 8. The topological polar surface area (TPSA) is 176 Å². The van der Waals surface area contributed by atoms with Crippen molar-refractivity contribution in [2.75, 3.05) is 31.1 Å². The van der Waals surface area contributed by atoms with Crippen LogP contribution < -0.4 is 4.90 Å². The van der Waals surface area contributed by atoms with Gasteiger partial charge in [-0.2, -0.15) is 0 Å². The van der Waals surface area contributed by atoms with Gasteiger partial charge in [-0.25, -0.2) is 4.79 Å². The first-order chi connectivity index (χ1) is 17.6. The van der Waals surface area contributed by atoms with Crippen LogP contribution in [0.3, 0.4) is 0 Å².